The van der Waals surface area contributed by atoms with Gasteiger partial charge in [-0.05, 0) is 12.1 Å². The molecule has 0 radical (unpaired) electrons. The summed E-state index contributed by atoms with van der Waals surface area (Å²) in [5.74, 6) is 2.87. The zero-order valence-electron chi connectivity index (χ0n) is 6.33. The number of hydrogen-bond acceptors (Lipinski definition) is 2. The summed E-state index contributed by atoms with van der Waals surface area (Å²) in [5, 5.41) is 0.983. The average molecular weight is 157 g/mol. The van der Waals surface area contributed by atoms with Crippen LogP contribution in [0.2, 0.25) is 0 Å². The normalized spacial score (nSPS) is 9.92. The Morgan fingerprint density at radius 3 is 3.17 bits per heavy atom. The number of pyridine rings is 1. The molecule has 0 atom stereocenters. The van der Waals surface area contributed by atoms with Crippen molar-refractivity contribution in [2.45, 2.75) is 0 Å². The molecule has 2 rings (SSSR count). The molecule has 2 aromatic rings. The van der Waals surface area contributed by atoms with Gasteiger partial charge in [0, 0.05) is 11.6 Å². The number of anilines is 1. The Morgan fingerprint density at radius 1 is 1.58 bits per heavy atom. The zero-order chi connectivity index (χ0) is 8.55. The van der Waals surface area contributed by atoms with Crippen molar-refractivity contribution in [3.05, 3.63) is 23.9 Å². The van der Waals surface area contributed by atoms with Crippen LogP contribution in [0.4, 0.5) is 5.82 Å². The number of H-pyrrole nitrogens is 1. The van der Waals surface area contributed by atoms with Crippen LogP contribution >= 0.6 is 0 Å². The minimum Gasteiger partial charge on any atom is -0.383 e. The molecule has 2 heterocycles. The SMILES string of the molecule is C#Cc1cc2cc[nH]c2nc1N. The predicted molar refractivity (Wildman–Crippen MR) is 48.4 cm³/mol. The summed E-state index contributed by atoms with van der Waals surface area (Å²) in [6.07, 6.45) is 7.03. The highest BCUT2D eigenvalue weighted by Crippen LogP contribution is 2.15. The van der Waals surface area contributed by atoms with Crippen LogP contribution in [0.15, 0.2) is 18.3 Å². The van der Waals surface area contributed by atoms with Crippen molar-refractivity contribution in [2.75, 3.05) is 5.73 Å². The van der Waals surface area contributed by atoms with Crippen molar-refractivity contribution >= 4 is 16.9 Å². The van der Waals surface area contributed by atoms with Crippen LogP contribution in [0.5, 0.6) is 0 Å². The molecule has 0 fully saturated rings. The minimum atomic E-state index is 0.396. The van der Waals surface area contributed by atoms with E-state index >= 15 is 0 Å². The second kappa shape index (κ2) is 2.28. The molecule has 58 valence electrons. The third-order valence-corrected chi connectivity index (χ3v) is 1.72. The molecule has 0 saturated heterocycles. The van der Waals surface area contributed by atoms with Gasteiger partial charge in [0.05, 0.1) is 5.56 Å². The lowest BCUT2D eigenvalue weighted by molar-refractivity contribution is 1.32. The molecule has 0 amide bonds. The maximum Gasteiger partial charge on any atom is 0.141 e. The lowest BCUT2D eigenvalue weighted by atomic mass is 10.2. The summed E-state index contributed by atoms with van der Waals surface area (Å²) in [5.41, 5.74) is 6.99. The van der Waals surface area contributed by atoms with Gasteiger partial charge in [-0.1, -0.05) is 5.92 Å². The minimum absolute atomic E-state index is 0.396. The van der Waals surface area contributed by atoms with Crippen molar-refractivity contribution in [2.24, 2.45) is 0 Å². The van der Waals surface area contributed by atoms with E-state index in [0.29, 0.717) is 11.4 Å². The summed E-state index contributed by atoms with van der Waals surface area (Å²) in [4.78, 5) is 7.04. The van der Waals surface area contributed by atoms with E-state index in [9.17, 15) is 0 Å². The van der Waals surface area contributed by atoms with E-state index in [4.69, 9.17) is 12.2 Å². The van der Waals surface area contributed by atoms with Crippen molar-refractivity contribution < 1.29 is 0 Å². The van der Waals surface area contributed by atoms with E-state index in [1.807, 2.05) is 12.1 Å². The summed E-state index contributed by atoms with van der Waals surface area (Å²) in [6.45, 7) is 0. The fourth-order valence-corrected chi connectivity index (χ4v) is 1.11. The fraction of sp³-hybridized carbons (Fsp3) is 0. The number of rotatable bonds is 0. The van der Waals surface area contributed by atoms with Gasteiger partial charge in [-0.3, -0.25) is 0 Å². The molecule has 3 nitrogen and oxygen atoms in total. The number of nitrogen functional groups attached to an aromatic ring is 1. The molecule has 0 aliphatic heterocycles. The van der Waals surface area contributed by atoms with E-state index in [1.165, 1.54) is 0 Å². The Hall–Kier alpha value is -1.95. The number of hydrogen-bond donors (Lipinski definition) is 2. The third kappa shape index (κ3) is 0.823. The maximum absolute atomic E-state index is 5.58. The highest BCUT2D eigenvalue weighted by atomic mass is 14.9. The lowest BCUT2D eigenvalue weighted by Gasteiger charge is -1.96. The number of nitrogens with zero attached hydrogens (tertiary/aromatic N) is 1. The molecule has 0 saturated carbocycles. The molecule has 0 aromatic carbocycles. The van der Waals surface area contributed by atoms with Crippen LogP contribution in [-0.4, -0.2) is 9.97 Å². The van der Waals surface area contributed by atoms with Gasteiger partial charge in [0.25, 0.3) is 0 Å². The van der Waals surface area contributed by atoms with Crippen molar-refractivity contribution in [1.82, 2.24) is 9.97 Å². The molecule has 3 heteroatoms. The van der Waals surface area contributed by atoms with Crippen LogP contribution in [0.25, 0.3) is 11.0 Å². The second-order valence-electron chi connectivity index (χ2n) is 2.48. The van der Waals surface area contributed by atoms with Gasteiger partial charge >= 0.3 is 0 Å². The van der Waals surface area contributed by atoms with E-state index in [0.717, 1.165) is 11.0 Å². The first kappa shape index (κ1) is 6.74. The van der Waals surface area contributed by atoms with Gasteiger partial charge in [0.1, 0.15) is 11.5 Å². The molecule has 3 N–H and O–H groups in total. The first-order valence-electron chi connectivity index (χ1n) is 3.51. The number of nitrogens with two attached hydrogens (primary N) is 1. The van der Waals surface area contributed by atoms with Gasteiger partial charge in [-0.15, -0.1) is 6.42 Å². The van der Waals surface area contributed by atoms with Crippen molar-refractivity contribution in [1.29, 1.82) is 0 Å². The van der Waals surface area contributed by atoms with Gasteiger partial charge in [0.2, 0.25) is 0 Å². The molecule has 2 aromatic heterocycles. The predicted octanol–water partition coefficient (Wildman–Crippen LogP) is 1.13. The average Bonchev–Trinajstić information content (AvgIpc) is 2.49. The molecule has 0 aliphatic carbocycles. The van der Waals surface area contributed by atoms with Gasteiger partial charge in [-0.25, -0.2) is 4.98 Å². The molecule has 0 bridgehead atoms. The van der Waals surface area contributed by atoms with E-state index < -0.39 is 0 Å². The number of terminal acetylenes is 1. The Kier molecular flexibility index (Phi) is 1.28. The monoisotopic (exact) mass is 157 g/mol. The molecule has 0 spiro atoms. The standard InChI is InChI=1S/C9H7N3/c1-2-6-5-7-3-4-11-9(7)12-8(6)10/h1,3-5H,(H3,10,11,12). The number of fused-ring (bicyclic) bond motifs is 1. The van der Waals surface area contributed by atoms with E-state index in [2.05, 4.69) is 15.9 Å². The van der Waals surface area contributed by atoms with E-state index in [1.54, 1.807) is 6.20 Å². The smallest absolute Gasteiger partial charge is 0.141 e. The largest absolute Gasteiger partial charge is 0.383 e. The zero-order valence-corrected chi connectivity index (χ0v) is 6.33. The summed E-state index contributed by atoms with van der Waals surface area (Å²) in [7, 11) is 0. The summed E-state index contributed by atoms with van der Waals surface area (Å²) in [6, 6.07) is 3.75. The van der Waals surface area contributed by atoms with Gasteiger partial charge < -0.3 is 10.7 Å². The Bertz CT molecular complexity index is 462. The van der Waals surface area contributed by atoms with Gasteiger partial charge in [-0.2, -0.15) is 0 Å². The Labute approximate surface area is 69.6 Å². The number of nitrogens with one attached hydrogen (secondary N) is 1. The van der Waals surface area contributed by atoms with Crippen LogP contribution in [0, 0.1) is 12.3 Å². The topological polar surface area (TPSA) is 54.7 Å². The Morgan fingerprint density at radius 2 is 2.42 bits per heavy atom. The van der Waals surface area contributed by atoms with Crippen LogP contribution in [0.3, 0.4) is 0 Å². The first-order valence-corrected chi connectivity index (χ1v) is 3.51. The summed E-state index contributed by atoms with van der Waals surface area (Å²) >= 11 is 0. The summed E-state index contributed by atoms with van der Waals surface area (Å²) < 4.78 is 0. The van der Waals surface area contributed by atoms with Crippen LogP contribution in [-0.2, 0) is 0 Å². The highest BCUT2D eigenvalue weighted by Gasteiger charge is 2.00. The Balaban J connectivity index is 2.84. The molecule has 0 unspecified atom stereocenters. The quantitative estimate of drug-likeness (QED) is 0.563. The fourth-order valence-electron chi connectivity index (χ4n) is 1.11. The van der Waals surface area contributed by atoms with Crippen molar-refractivity contribution in [3.63, 3.8) is 0 Å². The van der Waals surface area contributed by atoms with Crippen LogP contribution < -0.4 is 5.73 Å². The number of aromatic nitrogens is 2. The highest BCUT2D eigenvalue weighted by molar-refractivity contribution is 5.79. The second-order valence-corrected chi connectivity index (χ2v) is 2.48. The number of aromatic amines is 1. The van der Waals surface area contributed by atoms with E-state index in [-0.39, 0.29) is 0 Å². The van der Waals surface area contributed by atoms with Crippen molar-refractivity contribution in [3.8, 4) is 12.3 Å². The van der Waals surface area contributed by atoms with Crippen LogP contribution in [0.1, 0.15) is 5.56 Å². The maximum atomic E-state index is 5.58. The third-order valence-electron chi connectivity index (χ3n) is 1.72. The first-order chi connectivity index (χ1) is 5.81. The molecular formula is C9H7N3. The van der Waals surface area contributed by atoms with Gasteiger partial charge in [0.15, 0.2) is 0 Å². The molecular weight excluding hydrogens is 150 g/mol. The molecule has 0 aliphatic rings. The molecule has 12 heavy (non-hydrogen) atoms. The lowest BCUT2D eigenvalue weighted by Crippen LogP contribution is -1.94.